The molecule has 1 atom stereocenters. The number of rotatable bonds is 7. The van der Waals surface area contributed by atoms with E-state index in [-0.39, 0.29) is 0 Å². The highest BCUT2D eigenvalue weighted by atomic mass is 16.5. The third kappa shape index (κ3) is 4.67. The first kappa shape index (κ1) is 13.0. The second-order valence-corrected chi connectivity index (χ2v) is 4.30. The molecule has 1 aromatic carbocycles. The zero-order chi connectivity index (χ0) is 11.8. The number of methoxy groups -OCH3 is 1. The summed E-state index contributed by atoms with van der Waals surface area (Å²) in [4.78, 5) is 0. The predicted octanol–water partition coefficient (Wildman–Crippen LogP) is 3.48. The van der Waals surface area contributed by atoms with Gasteiger partial charge in [0.15, 0.2) is 0 Å². The van der Waals surface area contributed by atoms with Crippen molar-refractivity contribution in [2.45, 2.75) is 39.2 Å². The Kier molecular flexibility index (Phi) is 5.94. The van der Waals surface area contributed by atoms with Gasteiger partial charge in [-0.1, -0.05) is 25.5 Å². The lowest BCUT2D eigenvalue weighted by atomic mass is 10.1. The van der Waals surface area contributed by atoms with E-state index >= 15 is 0 Å². The van der Waals surface area contributed by atoms with Crippen LogP contribution < -0.4 is 5.32 Å². The van der Waals surface area contributed by atoms with Gasteiger partial charge in [-0.15, -0.1) is 0 Å². The van der Waals surface area contributed by atoms with E-state index in [0.717, 1.165) is 6.61 Å². The van der Waals surface area contributed by atoms with E-state index in [4.69, 9.17) is 4.74 Å². The number of hydrogen-bond acceptors (Lipinski definition) is 2. The predicted molar refractivity (Wildman–Crippen MR) is 70.0 cm³/mol. The van der Waals surface area contributed by atoms with E-state index < -0.39 is 0 Å². The van der Waals surface area contributed by atoms with Gasteiger partial charge in [0.1, 0.15) is 0 Å². The summed E-state index contributed by atoms with van der Waals surface area (Å²) < 4.78 is 5.09. The minimum atomic E-state index is 0.353. The van der Waals surface area contributed by atoms with Gasteiger partial charge in [0.2, 0.25) is 0 Å². The Morgan fingerprint density at radius 1 is 1.25 bits per heavy atom. The van der Waals surface area contributed by atoms with Crippen LogP contribution in [0.3, 0.4) is 0 Å². The Bertz CT molecular complexity index is 281. The maximum Gasteiger partial charge on any atom is 0.0661 e. The molecule has 1 aromatic rings. The molecule has 0 spiro atoms. The standard InChI is InChI=1S/C14H23NO/c1-4-5-6-13-7-9-14(10-8-13)15-12(2)11-16-3/h7-10,12,15H,4-6,11H2,1-3H3. The van der Waals surface area contributed by atoms with Crippen LogP contribution in [0.1, 0.15) is 32.3 Å². The molecular formula is C14H23NO. The smallest absolute Gasteiger partial charge is 0.0661 e. The van der Waals surface area contributed by atoms with Crippen LogP contribution in [-0.4, -0.2) is 19.8 Å². The van der Waals surface area contributed by atoms with Crippen molar-refractivity contribution in [2.24, 2.45) is 0 Å². The molecule has 1 N–H and O–H groups in total. The summed E-state index contributed by atoms with van der Waals surface area (Å²) in [5, 5.41) is 3.40. The summed E-state index contributed by atoms with van der Waals surface area (Å²) in [5.41, 5.74) is 2.59. The summed E-state index contributed by atoms with van der Waals surface area (Å²) in [6.45, 7) is 5.08. The molecule has 0 aliphatic heterocycles. The molecule has 1 rings (SSSR count). The first-order chi connectivity index (χ1) is 7.76. The van der Waals surface area contributed by atoms with Gasteiger partial charge in [0, 0.05) is 18.8 Å². The lowest BCUT2D eigenvalue weighted by molar-refractivity contribution is 0.190. The highest BCUT2D eigenvalue weighted by molar-refractivity contribution is 5.45. The van der Waals surface area contributed by atoms with Gasteiger partial charge in [-0.25, -0.2) is 0 Å². The first-order valence-corrected chi connectivity index (χ1v) is 6.10. The fourth-order valence-electron chi connectivity index (χ4n) is 1.72. The highest BCUT2D eigenvalue weighted by Gasteiger charge is 2.00. The molecule has 0 aliphatic carbocycles. The van der Waals surface area contributed by atoms with Crippen LogP contribution in [0.2, 0.25) is 0 Å². The van der Waals surface area contributed by atoms with Crippen LogP contribution in [0, 0.1) is 0 Å². The third-order valence-electron chi connectivity index (χ3n) is 2.60. The van der Waals surface area contributed by atoms with E-state index in [0.29, 0.717) is 6.04 Å². The molecule has 2 heteroatoms. The summed E-state index contributed by atoms with van der Waals surface area (Å²) in [6.07, 6.45) is 3.71. The quantitative estimate of drug-likeness (QED) is 0.761. The summed E-state index contributed by atoms with van der Waals surface area (Å²) in [5.74, 6) is 0. The molecule has 0 saturated carbocycles. The molecule has 0 amide bonds. The van der Waals surface area contributed by atoms with E-state index in [9.17, 15) is 0 Å². The van der Waals surface area contributed by atoms with Crippen LogP contribution in [0.15, 0.2) is 24.3 Å². The van der Waals surface area contributed by atoms with Crippen molar-refractivity contribution < 1.29 is 4.74 Å². The minimum absolute atomic E-state index is 0.353. The maximum absolute atomic E-state index is 5.09. The monoisotopic (exact) mass is 221 g/mol. The number of unbranched alkanes of at least 4 members (excludes halogenated alkanes) is 1. The molecule has 0 aromatic heterocycles. The zero-order valence-electron chi connectivity index (χ0n) is 10.6. The Labute approximate surface area is 99.0 Å². The number of ether oxygens (including phenoxy) is 1. The maximum atomic E-state index is 5.09. The van der Waals surface area contributed by atoms with Crippen molar-refractivity contribution in [3.8, 4) is 0 Å². The van der Waals surface area contributed by atoms with Crippen LogP contribution in [-0.2, 0) is 11.2 Å². The molecule has 0 bridgehead atoms. The van der Waals surface area contributed by atoms with Crippen molar-refractivity contribution in [2.75, 3.05) is 19.0 Å². The molecule has 1 unspecified atom stereocenters. The highest BCUT2D eigenvalue weighted by Crippen LogP contribution is 2.12. The van der Waals surface area contributed by atoms with E-state index in [1.165, 1.54) is 30.5 Å². The Balaban J connectivity index is 2.44. The Morgan fingerprint density at radius 2 is 1.94 bits per heavy atom. The van der Waals surface area contributed by atoms with E-state index in [2.05, 4.69) is 43.4 Å². The van der Waals surface area contributed by atoms with Crippen LogP contribution >= 0.6 is 0 Å². The molecular weight excluding hydrogens is 198 g/mol. The number of benzene rings is 1. The van der Waals surface area contributed by atoms with Crippen molar-refractivity contribution >= 4 is 5.69 Å². The van der Waals surface area contributed by atoms with Crippen molar-refractivity contribution in [3.63, 3.8) is 0 Å². The number of nitrogens with one attached hydrogen (secondary N) is 1. The second-order valence-electron chi connectivity index (χ2n) is 4.30. The molecule has 16 heavy (non-hydrogen) atoms. The summed E-state index contributed by atoms with van der Waals surface area (Å²) in [7, 11) is 1.73. The molecule has 2 nitrogen and oxygen atoms in total. The van der Waals surface area contributed by atoms with Gasteiger partial charge in [-0.3, -0.25) is 0 Å². The van der Waals surface area contributed by atoms with Gasteiger partial charge in [0.25, 0.3) is 0 Å². The van der Waals surface area contributed by atoms with Gasteiger partial charge in [-0.2, -0.15) is 0 Å². The third-order valence-corrected chi connectivity index (χ3v) is 2.60. The fourth-order valence-corrected chi connectivity index (χ4v) is 1.72. The van der Waals surface area contributed by atoms with Crippen molar-refractivity contribution in [1.29, 1.82) is 0 Å². The van der Waals surface area contributed by atoms with Crippen LogP contribution in [0.4, 0.5) is 5.69 Å². The summed E-state index contributed by atoms with van der Waals surface area (Å²) in [6, 6.07) is 9.06. The van der Waals surface area contributed by atoms with Gasteiger partial charge in [0.05, 0.1) is 6.61 Å². The molecule has 0 heterocycles. The minimum Gasteiger partial charge on any atom is -0.383 e. The average molecular weight is 221 g/mol. The zero-order valence-corrected chi connectivity index (χ0v) is 10.6. The van der Waals surface area contributed by atoms with Gasteiger partial charge in [-0.05, 0) is 37.5 Å². The van der Waals surface area contributed by atoms with E-state index in [1.807, 2.05) is 0 Å². The van der Waals surface area contributed by atoms with Gasteiger partial charge >= 0.3 is 0 Å². The molecule has 0 fully saturated rings. The molecule has 0 aliphatic rings. The van der Waals surface area contributed by atoms with E-state index in [1.54, 1.807) is 7.11 Å². The van der Waals surface area contributed by atoms with Crippen molar-refractivity contribution in [1.82, 2.24) is 0 Å². The lowest BCUT2D eigenvalue weighted by Crippen LogP contribution is -2.20. The average Bonchev–Trinajstić information content (AvgIpc) is 2.28. The topological polar surface area (TPSA) is 21.3 Å². The fraction of sp³-hybridized carbons (Fsp3) is 0.571. The van der Waals surface area contributed by atoms with Crippen molar-refractivity contribution in [3.05, 3.63) is 29.8 Å². The summed E-state index contributed by atoms with van der Waals surface area (Å²) >= 11 is 0. The second kappa shape index (κ2) is 7.29. The largest absolute Gasteiger partial charge is 0.383 e. The molecule has 90 valence electrons. The Morgan fingerprint density at radius 3 is 2.50 bits per heavy atom. The van der Waals surface area contributed by atoms with Gasteiger partial charge < -0.3 is 10.1 Å². The Hall–Kier alpha value is -1.02. The van der Waals surface area contributed by atoms with Crippen LogP contribution in [0.5, 0.6) is 0 Å². The number of anilines is 1. The SMILES string of the molecule is CCCCc1ccc(NC(C)COC)cc1. The normalized spacial score (nSPS) is 12.4. The lowest BCUT2D eigenvalue weighted by Gasteiger charge is -2.14. The molecule has 0 saturated heterocycles. The first-order valence-electron chi connectivity index (χ1n) is 6.10. The number of hydrogen-bond donors (Lipinski definition) is 1. The van der Waals surface area contributed by atoms with Crippen LogP contribution in [0.25, 0.3) is 0 Å². The molecule has 0 radical (unpaired) electrons. The number of aryl methyl sites for hydroxylation is 1.